The Hall–Kier alpha value is -2.37. The molecular weight excluding hydrogens is 256 g/mol. The third-order valence-corrected chi connectivity index (χ3v) is 3.33. The van der Waals surface area contributed by atoms with E-state index >= 15 is 0 Å². The third-order valence-electron chi connectivity index (χ3n) is 3.33. The summed E-state index contributed by atoms with van der Waals surface area (Å²) >= 11 is 0. The van der Waals surface area contributed by atoms with Crippen LogP contribution in [-0.4, -0.2) is 21.0 Å². The van der Waals surface area contributed by atoms with Gasteiger partial charge in [0.05, 0.1) is 0 Å². The number of anilines is 1. The lowest BCUT2D eigenvalue weighted by Gasteiger charge is -2.12. The summed E-state index contributed by atoms with van der Waals surface area (Å²) in [5.41, 5.74) is 1.27. The van der Waals surface area contributed by atoms with E-state index in [4.69, 9.17) is 0 Å². The Kier molecular flexibility index (Phi) is 4.34. The largest absolute Gasteiger partial charge is 0.406 e. The molecule has 6 nitrogen and oxygen atoms in total. The van der Waals surface area contributed by atoms with Gasteiger partial charge >= 0.3 is 5.82 Å². The molecule has 1 heterocycles. The minimum absolute atomic E-state index is 0.125. The van der Waals surface area contributed by atoms with Crippen molar-refractivity contribution in [3.63, 3.8) is 0 Å². The summed E-state index contributed by atoms with van der Waals surface area (Å²) in [6.45, 7) is 2.81. The summed E-state index contributed by atoms with van der Waals surface area (Å²) in [6, 6.07) is 10.2. The first kappa shape index (κ1) is 14.0. The number of nitrogens with zero attached hydrogens (tertiary/aromatic N) is 3. The second kappa shape index (κ2) is 6.18. The van der Waals surface area contributed by atoms with Gasteiger partial charge < -0.3 is 15.4 Å². The molecule has 2 rings (SSSR count). The van der Waals surface area contributed by atoms with Gasteiger partial charge in [0.1, 0.15) is 0 Å². The van der Waals surface area contributed by atoms with Crippen LogP contribution in [0.1, 0.15) is 24.8 Å². The Morgan fingerprint density at radius 3 is 2.75 bits per heavy atom. The fraction of sp³-hybridized carbons (Fsp3) is 0.357. The number of aromatic nitrogens is 2. The van der Waals surface area contributed by atoms with Crippen molar-refractivity contribution in [3.8, 4) is 0 Å². The molecule has 1 atom stereocenters. The minimum Gasteiger partial charge on any atom is -0.364 e. The van der Waals surface area contributed by atoms with E-state index in [1.165, 1.54) is 11.9 Å². The van der Waals surface area contributed by atoms with Gasteiger partial charge in [0.25, 0.3) is 0 Å². The van der Waals surface area contributed by atoms with Gasteiger partial charge in [0.2, 0.25) is 12.1 Å². The molecule has 20 heavy (non-hydrogen) atoms. The molecule has 0 fully saturated rings. The predicted molar refractivity (Wildman–Crippen MR) is 77.8 cm³/mol. The summed E-state index contributed by atoms with van der Waals surface area (Å²) in [5.74, 6) is 0.728. The normalized spacial score (nSPS) is 12.1. The van der Waals surface area contributed by atoms with Crippen molar-refractivity contribution in [2.24, 2.45) is 7.05 Å². The zero-order valence-corrected chi connectivity index (χ0v) is 11.6. The van der Waals surface area contributed by atoms with Crippen molar-refractivity contribution >= 4 is 11.6 Å². The highest BCUT2D eigenvalue weighted by atomic mass is 16.6. The van der Waals surface area contributed by atoms with Crippen molar-refractivity contribution < 1.29 is 4.92 Å². The summed E-state index contributed by atoms with van der Waals surface area (Å²) in [6.07, 6.45) is 2.34. The average Bonchev–Trinajstić information content (AvgIpc) is 2.81. The van der Waals surface area contributed by atoms with Crippen LogP contribution in [0.2, 0.25) is 0 Å². The van der Waals surface area contributed by atoms with Crippen LogP contribution in [-0.2, 0) is 7.05 Å². The molecule has 1 aromatic carbocycles. The van der Waals surface area contributed by atoms with Crippen LogP contribution in [0, 0.1) is 10.1 Å². The van der Waals surface area contributed by atoms with Gasteiger partial charge in [-0.25, -0.2) is 0 Å². The molecule has 0 aliphatic carbocycles. The van der Waals surface area contributed by atoms with Gasteiger partial charge in [-0.15, -0.1) is 0 Å². The third kappa shape index (κ3) is 3.14. The van der Waals surface area contributed by atoms with Crippen molar-refractivity contribution in [3.05, 3.63) is 52.3 Å². The first-order valence-electron chi connectivity index (χ1n) is 6.54. The molecule has 1 unspecified atom stereocenters. The molecule has 1 N–H and O–H groups in total. The number of imidazole rings is 1. The fourth-order valence-corrected chi connectivity index (χ4v) is 2.11. The number of hydrogen-bond donors (Lipinski definition) is 1. The Labute approximate surface area is 117 Å². The zero-order chi connectivity index (χ0) is 14.5. The average molecular weight is 274 g/mol. The standard InChI is InChI=1S/C14H18N4O2/c1-11(12-6-4-3-5-7-12)8-9-15-13-14(18(19)20)16-10-17(13)2/h3-7,10-11,15H,8-9H2,1-2H3. The molecule has 0 spiro atoms. The SMILES string of the molecule is CC(CCNc1c([N+](=O)[O-])ncn1C)c1ccccc1. The smallest absolute Gasteiger partial charge is 0.364 e. The summed E-state index contributed by atoms with van der Waals surface area (Å²) < 4.78 is 1.63. The van der Waals surface area contributed by atoms with Crippen molar-refractivity contribution in [1.82, 2.24) is 9.55 Å². The highest BCUT2D eigenvalue weighted by Gasteiger charge is 2.19. The van der Waals surface area contributed by atoms with Crippen LogP contribution in [0.25, 0.3) is 0 Å². The van der Waals surface area contributed by atoms with Gasteiger partial charge in [-0.3, -0.25) is 4.57 Å². The van der Waals surface area contributed by atoms with E-state index in [1.807, 2.05) is 18.2 Å². The van der Waals surface area contributed by atoms with Crippen molar-refractivity contribution in [2.45, 2.75) is 19.3 Å². The zero-order valence-electron chi connectivity index (χ0n) is 11.6. The maximum absolute atomic E-state index is 10.8. The Morgan fingerprint density at radius 1 is 1.40 bits per heavy atom. The van der Waals surface area contributed by atoms with Crippen LogP contribution in [0.3, 0.4) is 0 Å². The molecule has 0 radical (unpaired) electrons. The number of hydrogen-bond acceptors (Lipinski definition) is 4. The van der Waals surface area contributed by atoms with Crippen LogP contribution in [0.4, 0.5) is 11.6 Å². The Morgan fingerprint density at radius 2 is 2.10 bits per heavy atom. The topological polar surface area (TPSA) is 73.0 Å². The van der Waals surface area contributed by atoms with E-state index < -0.39 is 4.92 Å². The molecule has 106 valence electrons. The van der Waals surface area contributed by atoms with Crippen molar-refractivity contribution in [2.75, 3.05) is 11.9 Å². The highest BCUT2D eigenvalue weighted by Crippen LogP contribution is 2.23. The quantitative estimate of drug-likeness (QED) is 0.649. The molecule has 0 saturated heterocycles. The lowest BCUT2D eigenvalue weighted by Crippen LogP contribution is -2.09. The van der Waals surface area contributed by atoms with E-state index in [0.717, 1.165) is 6.42 Å². The Balaban J connectivity index is 1.93. The molecule has 0 aliphatic rings. The summed E-state index contributed by atoms with van der Waals surface area (Å²) in [4.78, 5) is 14.1. The minimum atomic E-state index is -0.469. The second-order valence-electron chi connectivity index (χ2n) is 4.81. The maximum Gasteiger partial charge on any atom is 0.406 e. The van der Waals surface area contributed by atoms with Gasteiger partial charge in [0.15, 0.2) is 0 Å². The molecule has 0 bridgehead atoms. The second-order valence-corrected chi connectivity index (χ2v) is 4.81. The summed E-state index contributed by atoms with van der Waals surface area (Å²) in [7, 11) is 1.74. The van der Waals surface area contributed by atoms with Gasteiger partial charge in [-0.05, 0) is 27.8 Å². The van der Waals surface area contributed by atoms with E-state index in [0.29, 0.717) is 18.3 Å². The van der Waals surface area contributed by atoms with Crippen LogP contribution < -0.4 is 5.32 Å². The van der Waals surface area contributed by atoms with Crippen LogP contribution in [0.5, 0.6) is 0 Å². The molecule has 0 saturated carbocycles. The van der Waals surface area contributed by atoms with Gasteiger partial charge in [-0.2, -0.15) is 0 Å². The molecule has 1 aromatic heterocycles. The molecule has 0 amide bonds. The Bertz CT molecular complexity index is 580. The monoisotopic (exact) mass is 274 g/mol. The van der Waals surface area contributed by atoms with Gasteiger partial charge in [0, 0.05) is 13.6 Å². The van der Waals surface area contributed by atoms with E-state index in [-0.39, 0.29) is 5.82 Å². The van der Waals surface area contributed by atoms with Crippen LogP contribution >= 0.6 is 0 Å². The van der Waals surface area contributed by atoms with Gasteiger partial charge in [-0.1, -0.05) is 37.3 Å². The van der Waals surface area contributed by atoms with E-state index in [1.54, 1.807) is 11.6 Å². The summed E-state index contributed by atoms with van der Waals surface area (Å²) in [5, 5.41) is 13.9. The van der Waals surface area contributed by atoms with E-state index in [9.17, 15) is 10.1 Å². The van der Waals surface area contributed by atoms with E-state index in [2.05, 4.69) is 29.4 Å². The predicted octanol–water partition coefficient (Wildman–Crippen LogP) is 2.93. The first-order valence-corrected chi connectivity index (χ1v) is 6.54. The maximum atomic E-state index is 10.8. The number of rotatable bonds is 6. The molecular formula is C14H18N4O2. The molecule has 6 heteroatoms. The lowest BCUT2D eigenvalue weighted by molar-refractivity contribution is -0.388. The molecule has 0 aliphatic heterocycles. The first-order chi connectivity index (χ1) is 9.59. The van der Waals surface area contributed by atoms with Crippen molar-refractivity contribution in [1.29, 1.82) is 0 Å². The number of nitro groups is 1. The molecule has 2 aromatic rings. The number of aryl methyl sites for hydroxylation is 1. The number of nitrogens with one attached hydrogen (secondary N) is 1. The fourth-order valence-electron chi connectivity index (χ4n) is 2.11. The van der Waals surface area contributed by atoms with Crippen LogP contribution in [0.15, 0.2) is 36.7 Å². The highest BCUT2D eigenvalue weighted by molar-refractivity contribution is 5.51. The number of benzene rings is 1. The lowest BCUT2D eigenvalue weighted by atomic mass is 9.98.